The lowest BCUT2D eigenvalue weighted by atomic mass is 9.94. The summed E-state index contributed by atoms with van der Waals surface area (Å²) in [6.07, 6.45) is 3.67. The summed E-state index contributed by atoms with van der Waals surface area (Å²) in [5.41, 5.74) is 3.66. The van der Waals surface area contributed by atoms with Crippen LogP contribution in [0.15, 0.2) is 128 Å². The minimum absolute atomic E-state index is 1.03. The number of benzene rings is 7. The second-order valence-electron chi connectivity index (χ2n) is 11.7. The number of thiophene rings is 2. The highest BCUT2D eigenvalue weighted by atomic mass is 32.1. The second kappa shape index (κ2) is 8.63. The molecule has 208 valence electrons. The van der Waals surface area contributed by atoms with Crippen LogP contribution < -0.4 is 0 Å². The molecule has 0 amide bonds. The predicted molar refractivity (Wildman–Crippen MR) is 195 cm³/mol. The first-order valence-corrected chi connectivity index (χ1v) is 16.7. The largest absolute Gasteiger partial charge is 0.308 e. The number of para-hydroxylation sites is 1. The summed E-state index contributed by atoms with van der Waals surface area (Å²) in [5.74, 6) is 0. The number of fused-ring (bicyclic) bond motifs is 18. The molecule has 0 fully saturated rings. The normalized spacial score (nSPS) is 12.4. The van der Waals surface area contributed by atoms with Gasteiger partial charge in [-0.3, -0.25) is 0 Å². The van der Waals surface area contributed by atoms with Crippen LogP contribution in [0.5, 0.6) is 0 Å². The Morgan fingerprint density at radius 1 is 0.489 bits per heavy atom. The van der Waals surface area contributed by atoms with Crippen LogP contribution in [0.4, 0.5) is 0 Å². The van der Waals surface area contributed by atoms with Crippen molar-refractivity contribution in [3.8, 4) is 5.69 Å². The SMILES string of the molecule is c1ccc2c(c1)sc1c2c2c3cncnc3sc2c2c3ccccc3n(-c3ccc4c5ccccc5c5ccccc5c4c3)c12. The van der Waals surface area contributed by atoms with E-state index < -0.39 is 0 Å². The van der Waals surface area contributed by atoms with Crippen LogP contribution in [0.2, 0.25) is 0 Å². The summed E-state index contributed by atoms with van der Waals surface area (Å²) in [6.45, 7) is 0. The zero-order valence-corrected chi connectivity index (χ0v) is 25.4. The molecule has 4 heterocycles. The molecule has 0 aliphatic carbocycles. The Bertz CT molecular complexity index is 3020. The Labute approximate surface area is 264 Å². The van der Waals surface area contributed by atoms with Crippen molar-refractivity contribution in [2.45, 2.75) is 0 Å². The van der Waals surface area contributed by atoms with Crippen LogP contribution in [0.3, 0.4) is 0 Å². The van der Waals surface area contributed by atoms with Gasteiger partial charge in [-0.2, -0.15) is 0 Å². The fraction of sp³-hybridized carbons (Fsp3) is 0. The quantitative estimate of drug-likeness (QED) is 0.174. The molecule has 5 heteroatoms. The smallest absolute Gasteiger partial charge is 0.127 e. The summed E-state index contributed by atoms with van der Waals surface area (Å²) in [4.78, 5) is 10.2. The van der Waals surface area contributed by atoms with Crippen molar-refractivity contribution in [3.63, 3.8) is 0 Å². The van der Waals surface area contributed by atoms with E-state index in [1.54, 1.807) is 17.7 Å². The Hall–Kier alpha value is -5.36. The molecule has 0 spiro atoms. The summed E-state index contributed by atoms with van der Waals surface area (Å²) in [5, 5.41) is 15.3. The molecule has 45 heavy (non-hydrogen) atoms. The van der Waals surface area contributed by atoms with Gasteiger partial charge in [-0.15, -0.1) is 22.7 Å². The monoisotopic (exact) mass is 607 g/mol. The average molecular weight is 608 g/mol. The maximum absolute atomic E-state index is 4.73. The second-order valence-corrected chi connectivity index (χ2v) is 13.8. The Morgan fingerprint density at radius 3 is 1.89 bits per heavy atom. The molecule has 0 N–H and O–H groups in total. The molecule has 0 unspecified atom stereocenters. The molecule has 0 saturated heterocycles. The maximum Gasteiger partial charge on any atom is 0.127 e. The van der Waals surface area contributed by atoms with Gasteiger partial charge in [-0.05, 0) is 56.6 Å². The first-order valence-electron chi connectivity index (χ1n) is 15.1. The third-order valence-corrected chi connectivity index (χ3v) is 11.8. The van der Waals surface area contributed by atoms with E-state index >= 15 is 0 Å². The van der Waals surface area contributed by atoms with E-state index in [9.17, 15) is 0 Å². The van der Waals surface area contributed by atoms with Gasteiger partial charge in [-0.25, -0.2) is 9.97 Å². The Morgan fingerprint density at radius 2 is 1.11 bits per heavy atom. The van der Waals surface area contributed by atoms with Crippen molar-refractivity contribution in [3.05, 3.63) is 128 Å². The van der Waals surface area contributed by atoms with Crippen LogP contribution in [0.25, 0.3) is 100 Å². The number of hydrogen-bond acceptors (Lipinski definition) is 4. The lowest BCUT2D eigenvalue weighted by Gasteiger charge is -2.14. The summed E-state index contributed by atoms with van der Waals surface area (Å²) in [7, 11) is 0. The van der Waals surface area contributed by atoms with Gasteiger partial charge in [0.25, 0.3) is 0 Å². The van der Waals surface area contributed by atoms with E-state index in [1.165, 1.54) is 90.1 Å². The third kappa shape index (κ3) is 3.04. The van der Waals surface area contributed by atoms with E-state index in [0.29, 0.717) is 0 Å². The number of hydrogen-bond donors (Lipinski definition) is 0. The Balaban J connectivity index is 1.39. The fourth-order valence-electron chi connectivity index (χ4n) is 7.71. The van der Waals surface area contributed by atoms with Crippen molar-refractivity contribution in [2.75, 3.05) is 0 Å². The molecule has 0 atom stereocenters. The van der Waals surface area contributed by atoms with Gasteiger partial charge in [0, 0.05) is 53.6 Å². The van der Waals surface area contributed by atoms with Crippen molar-refractivity contribution in [1.29, 1.82) is 0 Å². The molecular weight excluding hydrogens is 587 g/mol. The van der Waals surface area contributed by atoms with Gasteiger partial charge in [0.05, 0.1) is 15.7 Å². The van der Waals surface area contributed by atoms with Gasteiger partial charge in [0.1, 0.15) is 11.2 Å². The van der Waals surface area contributed by atoms with Crippen LogP contribution in [-0.4, -0.2) is 14.5 Å². The zero-order valence-electron chi connectivity index (χ0n) is 23.8. The topological polar surface area (TPSA) is 30.7 Å². The first kappa shape index (κ1) is 24.0. The average Bonchev–Trinajstić information content (AvgIpc) is 3.78. The van der Waals surface area contributed by atoms with E-state index in [1.807, 2.05) is 17.5 Å². The minimum atomic E-state index is 1.03. The molecule has 7 aromatic carbocycles. The number of nitrogens with zero attached hydrogens (tertiary/aromatic N) is 3. The van der Waals surface area contributed by atoms with Gasteiger partial charge in [0.2, 0.25) is 0 Å². The Kier molecular flexibility index (Phi) is 4.61. The van der Waals surface area contributed by atoms with Gasteiger partial charge < -0.3 is 4.57 Å². The highest BCUT2D eigenvalue weighted by molar-refractivity contribution is 7.29. The highest BCUT2D eigenvalue weighted by Gasteiger charge is 2.25. The highest BCUT2D eigenvalue weighted by Crippen LogP contribution is 2.51. The molecule has 0 saturated carbocycles. The molecule has 0 bridgehead atoms. The van der Waals surface area contributed by atoms with Crippen molar-refractivity contribution < 1.29 is 0 Å². The molecule has 11 rings (SSSR count). The molecule has 4 aromatic heterocycles. The van der Waals surface area contributed by atoms with Gasteiger partial charge in [0.15, 0.2) is 0 Å². The number of rotatable bonds is 1. The predicted octanol–water partition coefficient (Wildman–Crippen LogP) is 11.8. The maximum atomic E-state index is 4.73. The minimum Gasteiger partial charge on any atom is -0.308 e. The van der Waals surface area contributed by atoms with Crippen LogP contribution in [0, 0.1) is 0 Å². The summed E-state index contributed by atoms with van der Waals surface area (Å²) < 4.78 is 6.40. The molecule has 0 radical (unpaired) electrons. The fourth-order valence-corrected chi connectivity index (χ4v) is 10.1. The van der Waals surface area contributed by atoms with E-state index in [-0.39, 0.29) is 0 Å². The summed E-state index contributed by atoms with van der Waals surface area (Å²) >= 11 is 3.68. The van der Waals surface area contributed by atoms with E-state index in [4.69, 9.17) is 4.98 Å². The van der Waals surface area contributed by atoms with Crippen molar-refractivity contribution >= 4 is 117 Å². The molecule has 11 aromatic rings. The van der Waals surface area contributed by atoms with E-state index in [0.717, 1.165) is 10.2 Å². The van der Waals surface area contributed by atoms with Crippen LogP contribution >= 0.6 is 22.7 Å². The molecular formula is C40H21N3S2. The molecule has 0 aliphatic heterocycles. The summed E-state index contributed by atoms with van der Waals surface area (Å²) in [6, 6.07) is 42.4. The zero-order chi connectivity index (χ0) is 29.2. The third-order valence-electron chi connectivity index (χ3n) is 9.52. The van der Waals surface area contributed by atoms with Crippen molar-refractivity contribution in [2.24, 2.45) is 0 Å². The van der Waals surface area contributed by atoms with Crippen LogP contribution in [0.1, 0.15) is 0 Å². The van der Waals surface area contributed by atoms with Crippen molar-refractivity contribution in [1.82, 2.24) is 14.5 Å². The molecule has 0 aliphatic rings. The first-order chi connectivity index (χ1) is 22.3. The molecule has 3 nitrogen and oxygen atoms in total. The standard InChI is InChI=1S/C40H21N3S2/c1-2-11-25-23(9-1)24-10-3-4-12-26(24)30-19-22(17-18-27(25)30)43-32-15-7-5-13-28(32)36-37(43)39-34(29-14-6-8-16-33(29)44-39)35-31-20-41-21-42-40(31)45-38(35)36/h1-21H. The van der Waals surface area contributed by atoms with Crippen LogP contribution in [-0.2, 0) is 0 Å². The van der Waals surface area contributed by atoms with E-state index in [2.05, 4.69) is 125 Å². The lowest BCUT2D eigenvalue weighted by Crippen LogP contribution is -1.95. The van der Waals surface area contributed by atoms with Gasteiger partial charge >= 0.3 is 0 Å². The van der Waals surface area contributed by atoms with Gasteiger partial charge in [-0.1, -0.05) is 91.0 Å². The lowest BCUT2D eigenvalue weighted by molar-refractivity contribution is 1.19. The number of aromatic nitrogens is 3.